The Hall–Kier alpha value is -1.71. The van der Waals surface area contributed by atoms with Gasteiger partial charge in [0, 0.05) is 40.4 Å². The maximum atomic E-state index is 11.3. The minimum absolute atomic E-state index is 0.0725. The Kier molecular flexibility index (Phi) is 4.17. The van der Waals surface area contributed by atoms with Gasteiger partial charge in [0.1, 0.15) is 0 Å². The molecule has 0 saturated heterocycles. The minimum atomic E-state index is -0.0725. The molecule has 0 bridgehead atoms. The largest absolute Gasteiger partial charge is 0.378 e. The van der Waals surface area contributed by atoms with Crippen LogP contribution in [-0.4, -0.2) is 39.1 Å². The number of carbonyl (C=O) groups is 1. The number of carbonyl (C=O) groups excluding carboxylic acids is 1. The van der Waals surface area contributed by atoms with E-state index < -0.39 is 0 Å². The Morgan fingerprint density at radius 2 is 1.69 bits per heavy atom. The van der Waals surface area contributed by atoms with Gasteiger partial charge in [-0.2, -0.15) is 0 Å². The highest BCUT2D eigenvalue weighted by Crippen LogP contribution is 2.11. The summed E-state index contributed by atoms with van der Waals surface area (Å²) in [4.78, 5) is 14.9. The molecular formula is C12H19N3O. The minimum Gasteiger partial charge on any atom is -0.378 e. The van der Waals surface area contributed by atoms with Gasteiger partial charge in [-0.05, 0) is 17.7 Å². The molecule has 0 aliphatic heterocycles. The van der Waals surface area contributed by atoms with Crippen LogP contribution in [0.4, 0.5) is 10.5 Å². The molecule has 1 aromatic carbocycles. The molecule has 88 valence electrons. The first-order valence-electron chi connectivity index (χ1n) is 5.22. The van der Waals surface area contributed by atoms with Crippen LogP contribution in [0.3, 0.4) is 0 Å². The van der Waals surface area contributed by atoms with Gasteiger partial charge in [0.05, 0.1) is 0 Å². The summed E-state index contributed by atoms with van der Waals surface area (Å²) >= 11 is 0. The maximum absolute atomic E-state index is 11.3. The van der Waals surface area contributed by atoms with Crippen LogP contribution in [0, 0.1) is 0 Å². The fourth-order valence-electron chi connectivity index (χ4n) is 1.25. The van der Waals surface area contributed by atoms with E-state index in [9.17, 15) is 4.79 Å². The van der Waals surface area contributed by atoms with Gasteiger partial charge < -0.3 is 15.1 Å². The molecule has 0 heterocycles. The molecule has 1 rings (SSSR count). The van der Waals surface area contributed by atoms with Crippen LogP contribution in [0.15, 0.2) is 24.3 Å². The van der Waals surface area contributed by atoms with Crippen molar-refractivity contribution in [2.75, 3.05) is 33.1 Å². The zero-order chi connectivity index (χ0) is 12.1. The highest BCUT2D eigenvalue weighted by Gasteiger charge is 2.02. The summed E-state index contributed by atoms with van der Waals surface area (Å²) in [6.07, 6.45) is 0. The summed E-state index contributed by atoms with van der Waals surface area (Å²) < 4.78 is 0. The van der Waals surface area contributed by atoms with Gasteiger partial charge in [-0.25, -0.2) is 4.79 Å². The van der Waals surface area contributed by atoms with E-state index in [0.717, 1.165) is 11.3 Å². The Bertz CT molecular complexity index is 344. The Morgan fingerprint density at radius 3 is 2.12 bits per heavy atom. The molecule has 0 aliphatic rings. The second-order valence-corrected chi connectivity index (χ2v) is 4.11. The van der Waals surface area contributed by atoms with Crippen molar-refractivity contribution in [3.05, 3.63) is 29.8 Å². The number of nitrogens with one attached hydrogen (secondary N) is 1. The van der Waals surface area contributed by atoms with Gasteiger partial charge in [-0.15, -0.1) is 0 Å². The Morgan fingerprint density at radius 1 is 1.12 bits per heavy atom. The molecule has 0 radical (unpaired) electrons. The molecule has 0 aromatic heterocycles. The third kappa shape index (κ3) is 3.46. The molecule has 2 amide bonds. The van der Waals surface area contributed by atoms with Crippen molar-refractivity contribution < 1.29 is 4.79 Å². The highest BCUT2D eigenvalue weighted by molar-refractivity contribution is 5.73. The van der Waals surface area contributed by atoms with Crippen LogP contribution in [0.2, 0.25) is 0 Å². The molecule has 0 fully saturated rings. The first-order chi connectivity index (χ1) is 7.50. The number of hydrogen-bond acceptors (Lipinski definition) is 2. The van der Waals surface area contributed by atoms with Gasteiger partial charge in [0.25, 0.3) is 0 Å². The molecular weight excluding hydrogens is 202 g/mol. The van der Waals surface area contributed by atoms with E-state index >= 15 is 0 Å². The lowest BCUT2D eigenvalue weighted by atomic mass is 10.2. The highest BCUT2D eigenvalue weighted by atomic mass is 16.2. The van der Waals surface area contributed by atoms with Crippen molar-refractivity contribution in [1.29, 1.82) is 0 Å². The number of rotatable bonds is 3. The summed E-state index contributed by atoms with van der Waals surface area (Å²) in [7, 11) is 7.46. The van der Waals surface area contributed by atoms with Crippen molar-refractivity contribution in [1.82, 2.24) is 10.2 Å². The zero-order valence-electron chi connectivity index (χ0n) is 10.3. The maximum Gasteiger partial charge on any atom is 0.317 e. The topological polar surface area (TPSA) is 35.6 Å². The molecule has 4 nitrogen and oxygen atoms in total. The van der Waals surface area contributed by atoms with E-state index in [1.165, 1.54) is 4.90 Å². The van der Waals surface area contributed by atoms with E-state index in [4.69, 9.17) is 0 Å². The summed E-state index contributed by atoms with van der Waals surface area (Å²) in [5, 5.41) is 2.82. The predicted molar refractivity (Wildman–Crippen MR) is 66.7 cm³/mol. The van der Waals surface area contributed by atoms with Crippen LogP contribution in [0.25, 0.3) is 0 Å². The van der Waals surface area contributed by atoms with Crippen LogP contribution >= 0.6 is 0 Å². The molecule has 0 unspecified atom stereocenters. The van der Waals surface area contributed by atoms with Gasteiger partial charge in [-0.1, -0.05) is 12.1 Å². The third-order valence-corrected chi connectivity index (χ3v) is 2.30. The van der Waals surface area contributed by atoms with Crippen molar-refractivity contribution in [3.63, 3.8) is 0 Å². The quantitative estimate of drug-likeness (QED) is 0.840. The lowest BCUT2D eigenvalue weighted by Crippen LogP contribution is -2.33. The summed E-state index contributed by atoms with van der Waals surface area (Å²) in [6, 6.07) is 8.04. The summed E-state index contributed by atoms with van der Waals surface area (Å²) in [5.74, 6) is 0. The van der Waals surface area contributed by atoms with Gasteiger partial charge in [0.2, 0.25) is 0 Å². The lowest BCUT2D eigenvalue weighted by Gasteiger charge is -2.14. The summed E-state index contributed by atoms with van der Waals surface area (Å²) in [5.41, 5.74) is 2.25. The molecule has 0 atom stereocenters. The molecule has 0 aliphatic carbocycles. The number of hydrogen-bond donors (Lipinski definition) is 1. The number of benzene rings is 1. The Balaban J connectivity index is 2.53. The van der Waals surface area contributed by atoms with Crippen molar-refractivity contribution in [2.45, 2.75) is 6.54 Å². The van der Waals surface area contributed by atoms with E-state index in [2.05, 4.69) is 5.32 Å². The van der Waals surface area contributed by atoms with Crippen molar-refractivity contribution in [2.24, 2.45) is 0 Å². The number of amides is 2. The lowest BCUT2D eigenvalue weighted by molar-refractivity contribution is 0.217. The molecule has 16 heavy (non-hydrogen) atoms. The van der Waals surface area contributed by atoms with Crippen LogP contribution in [-0.2, 0) is 6.54 Å². The first-order valence-corrected chi connectivity index (χ1v) is 5.22. The number of urea groups is 1. The normalized spacial score (nSPS) is 9.75. The van der Waals surface area contributed by atoms with Crippen molar-refractivity contribution >= 4 is 11.7 Å². The monoisotopic (exact) mass is 221 g/mol. The molecule has 4 heteroatoms. The average Bonchev–Trinajstić information content (AvgIpc) is 2.26. The Labute approximate surface area is 96.9 Å². The third-order valence-electron chi connectivity index (χ3n) is 2.30. The van der Waals surface area contributed by atoms with Gasteiger partial charge in [-0.3, -0.25) is 0 Å². The SMILES string of the molecule is CN(C)C(=O)NCc1ccc(N(C)C)cc1. The van der Waals surface area contributed by atoms with E-state index in [-0.39, 0.29) is 6.03 Å². The van der Waals surface area contributed by atoms with E-state index in [1.807, 2.05) is 43.3 Å². The first kappa shape index (κ1) is 12.4. The van der Waals surface area contributed by atoms with Crippen LogP contribution in [0.1, 0.15) is 5.56 Å². The van der Waals surface area contributed by atoms with Crippen molar-refractivity contribution in [3.8, 4) is 0 Å². The zero-order valence-corrected chi connectivity index (χ0v) is 10.3. The van der Waals surface area contributed by atoms with Crippen LogP contribution in [0.5, 0.6) is 0 Å². The number of anilines is 1. The van der Waals surface area contributed by atoms with E-state index in [1.54, 1.807) is 14.1 Å². The van der Waals surface area contributed by atoms with Gasteiger partial charge >= 0.3 is 6.03 Å². The second-order valence-electron chi connectivity index (χ2n) is 4.11. The molecule has 1 N–H and O–H groups in total. The average molecular weight is 221 g/mol. The van der Waals surface area contributed by atoms with Gasteiger partial charge in [0.15, 0.2) is 0 Å². The molecule has 0 saturated carbocycles. The molecule has 1 aromatic rings. The predicted octanol–water partition coefficient (Wildman–Crippen LogP) is 1.52. The molecule has 0 spiro atoms. The number of nitrogens with zero attached hydrogens (tertiary/aromatic N) is 2. The van der Waals surface area contributed by atoms with E-state index in [0.29, 0.717) is 6.54 Å². The summed E-state index contributed by atoms with van der Waals surface area (Å²) in [6.45, 7) is 0.560. The fraction of sp³-hybridized carbons (Fsp3) is 0.417. The smallest absolute Gasteiger partial charge is 0.317 e. The standard InChI is InChI=1S/C12H19N3O/c1-14(2)11-7-5-10(6-8-11)9-13-12(16)15(3)4/h5-8H,9H2,1-4H3,(H,13,16). The van der Waals surface area contributed by atoms with Crippen LogP contribution < -0.4 is 10.2 Å². The second kappa shape index (κ2) is 5.39. The fourth-order valence-corrected chi connectivity index (χ4v) is 1.25.